The molecule has 0 spiro atoms. The molecule has 0 aliphatic heterocycles. The van der Waals surface area contributed by atoms with Crippen LogP contribution in [-0.4, -0.2) is 18.5 Å². The lowest BCUT2D eigenvalue weighted by Crippen LogP contribution is -2.34. The minimum absolute atomic E-state index is 0.00412. The summed E-state index contributed by atoms with van der Waals surface area (Å²) in [6, 6.07) is 14.3. The Bertz CT molecular complexity index is 1330. The fourth-order valence-corrected chi connectivity index (χ4v) is 4.39. The summed E-state index contributed by atoms with van der Waals surface area (Å²) < 4.78 is 42.5. The minimum atomic E-state index is -4.23. The van der Waals surface area contributed by atoms with Gasteiger partial charge in [-0.1, -0.05) is 29.8 Å². The van der Waals surface area contributed by atoms with Crippen LogP contribution in [0.5, 0.6) is 0 Å². The number of rotatable bonds is 7. The topological polar surface area (TPSA) is 125 Å². The monoisotopic (exact) mass is 489 g/mol. The molecule has 0 aliphatic rings. The van der Waals surface area contributed by atoms with E-state index in [1.807, 2.05) is 6.92 Å². The van der Waals surface area contributed by atoms with Gasteiger partial charge in [0.25, 0.3) is 15.7 Å². The number of nitro groups is 1. The molecule has 0 bridgehead atoms. The average Bonchev–Trinajstić information content (AvgIpc) is 2.75. The SMILES string of the molecule is Cc1ccc(NS(=O)(=O)c2cc([N+](=O)[O-])ccc2NNC(=S)Nc2ccccc2F)c(C)c1. The maximum absolute atomic E-state index is 13.8. The standard InChI is InChI=1S/C21H20FN5O4S2/c1-13-7-9-17(14(2)11-13)26-33(30,31)20-12-15(27(28)29)8-10-19(20)24-25-21(32)23-18-6-4-3-5-16(18)22/h3-12,24,26H,1-2H3,(H2,23,25,32). The van der Waals surface area contributed by atoms with E-state index < -0.39 is 26.5 Å². The van der Waals surface area contributed by atoms with Crippen LogP contribution in [0.15, 0.2) is 65.6 Å². The van der Waals surface area contributed by atoms with E-state index in [4.69, 9.17) is 12.2 Å². The smallest absolute Gasteiger partial charge is 0.270 e. The molecule has 0 fully saturated rings. The Balaban J connectivity index is 1.87. The van der Waals surface area contributed by atoms with Crippen LogP contribution >= 0.6 is 12.2 Å². The molecule has 172 valence electrons. The fraction of sp³-hybridized carbons (Fsp3) is 0.0952. The second kappa shape index (κ2) is 9.79. The second-order valence-corrected chi connectivity index (χ2v) is 9.10. The molecule has 3 aromatic rings. The fourth-order valence-electron chi connectivity index (χ4n) is 2.92. The molecular weight excluding hydrogens is 469 g/mol. The Labute approximate surface area is 195 Å². The zero-order valence-electron chi connectivity index (χ0n) is 17.5. The zero-order valence-corrected chi connectivity index (χ0v) is 19.2. The number of nitrogens with zero attached hydrogens (tertiary/aromatic N) is 1. The van der Waals surface area contributed by atoms with E-state index in [-0.39, 0.29) is 21.4 Å². The van der Waals surface area contributed by atoms with E-state index in [1.54, 1.807) is 31.2 Å². The van der Waals surface area contributed by atoms with Gasteiger partial charge in [-0.25, -0.2) is 12.8 Å². The molecule has 0 heterocycles. The van der Waals surface area contributed by atoms with E-state index in [9.17, 15) is 22.9 Å². The van der Waals surface area contributed by atoms with Gasteiger partial charge < -0.3 is 5.32 Å². The largest absolute Gasteiger partial charge is 0.329 e. The van der Waals surface area contributed by atoms with Gasteiger partial charge in [-0.05, 0) is 55.9 Å². The Morgan fingerprint density at radius 3 is 2.36 bits per heavy atom. The molecule has 4 N–H and O–H groups in total. The number of halogens is 1. The third-order valence-electron chi connectivity index (χ3n) is 4.52. The van der Waals surface area contributed by atoms with Crippen LogP contribution in [0.25, 0.3) is 0 Å². The third kappa shape index (κ3) is 5.93. The molecule has 0 saturated carbocycles. The van der Waals surface area contributed by atoms with E-state index in [0.717, 1.165) is 17.7 Å². The van der Waals surface area contributed by atoms with Crippen LogP contribution < -0.4 is 20.9 Å². The molecular formula is C21H20FN5O4S2. The number of para-hydroxylation sites is 1. The lowest BCUT2D eigenvalue weighted by atomic mass is 10.1. The third-order valence-corrected chi connectivity index (χ3v) is 6.13. The first-order valence-corrected chi connectivity index (χ1v) is 11.4. The second-order valence-electron chi connectivity index (χ2n) is 7.05. The molecule has 0 unspecified atom stereocenters. The van der Waals surface area contributed by atoms with Gasteiger partial charge in [-0.3, -0.25) is 25.7 Å². The van der Waals surface area contributed by atoms with Crippen LogP contribution in [-0.2, 0) is 10.0 Å². The van der Waals surface area contributed by atoms with Crippen LogP contribution in [0.4, 0.5) is 27.1 Å². The van der Waals surface area contributed by atoms with E-state index in [1.165, 1.54) is 24.3 Å². The molecule has 0 saturated heterocycles. The number of sulfonamides is 1. The quantitative estimate of drug-likeness (QED) is 0.218. The maximum Gasteiger partial charge on any atom is 0.270 e. The molecule has 3 aromatic carbocycles. The summed E-state index contributed by atoms with van der Waals surface area (Å²) in [5, 5.41) is 13.8. The predicted octanol–water partition coefficient (Wildman–Crippen LogP) is 4.47. The van der Waals surface area contributed by atoms with Crippen molar-refractivity contribution in [3.63, 3.8) is 0 Å². The van der Waals surface area contributed by atoms with Gasteiger partial charge in [0.05, 0.1) is 22.0 Å². The van der Waals surface area contributed by atoms with Crippen molar-refractivity contribution in [3.05, 3.63) is 87.7 Å². The number of nitrogens with one attached hydrogen (secondary N) is 4. The van der Waals surface area contributed by atoms with Gasteiger partial charge >= 0.3 is 0 Å². The summed E-state index contributed by atoms with van der Waals surface area (Å²) in [7, 11) is -4.23. The first-order chi connectivity index (χ1) is 15.6. The van der Waals surface area contributed by atoms with Crippen molar-refractivity contribution in [2.24, 2.45) is 0 Å². The van der Waals surface area contributed by atoms with E-state index >= 15 is 0 Å². The number of aryl methyl sites for hydroxylation is 2. The Kier molecular flexibility index (Phi) is 7.09. The molecule has 9 nitrogen and oxygen atoms in total. The minimum Gasteiger partial charge on any atom is -0.329 e. The van der Waals surface area contributed by atoms with Crippen LogP contribution in [0.2, 0.25) is 0 Å². The number of thiocarbonyl (C=S) groups is 1. The van der Waals surface area contributed by atoms with Gasteiger partial charge in [0, 0.05) is 12.1 Å². The van der Waals surface area contributed by atoms with Crippen molar-refractivity contribution < 1.29 is 17.7 Å². The maximum atomic E-state index is 13.8. The van der Waals surface area contributed by atoms with Gasteiger partial charge in [0.15, 0.2) is 5.11 Å². The molecule has 0 amide bonds. The Morgan fingerprint density at radius 2 is 1.70 bits per heavy atom. The van der Waals surface area contributed by atoms with Crippen molar-refractivity contribution >= 4 is 50.1 Å². The first-order valence-electron chi connectivity index (χ1n) is 9.53. The Morgan fingerprint density at radius 1 is 1.00 bits per heavy atom. The number of nitro benzene ring substituents is 1. The van der Waals surface area contributed by atoms with Crippen LogP contribution in [0.1, 0.15) is 11.1 Å². The highest BCUT2D eigenvalue weighted by Crippen LogP contribution is 2.29. The zero-order chi connectivity index (χ0) is 24.2. The molecule has 0 aliphatic carbocycles. The number of hydrogen-bond acceptors (Lipinski definition) is 6. The number of hydrogen-bond donors (Lipinski definition) is 4. The molecule has 33 heavy (non-hydrogen) atoms. The average molecular weight is 490 g/mol. The van der Waals surface area contributed by atoms with Crippen molar-refractivity contribution in [2.75, 3.05) is 15.5 Å². The van der Waals surface area contributed by atoms with E-state index in [0.29, 0.717) is 11.3 Å². The number of non-ortho nitro benzene ring substituents is 1. The summed E-state index contributed by atoms with van der Waals surface area (Å²) in [5.74, 6) is -0.530. The van der Waals surface area contributed by atoms with E-state index in [2.05, 4.69) is 20.9 Å². The van der Waals surface area contributed by atoms with Crippen LogP contribution in [0, 0.1) is 29.8 Å². The highest BCUT2D eigenvalue weighted by Gasteiger charge is 2.23. The molecule has 3 rings (SSSR count). The summed E-state index contributed by atoms with van der Waals surface area (Å²) in [6.07, 6.45) is 0. The van der Waals surface area contributed by atoms with Gasteiger partial charge in [0.2, 0.25) is 0 Å². The summed E-state index contributed by atoms with van der Waals surface area (Å²) in [4.78, 5) is 10.2. The highest BCUT2D eigenvalue weighted by atomic mass is 32.2. The predicted molar refractivity (Wildman–Crippen MR) is 129 cm³/mol. The van der Waals surface area contributed by atoms with Crippen LogP contribution in [0.3, 0.4) is 0 Å². The van der Waals surface area contributed by atoms with Gasteiger partial charge in [-0.2, -0.15) is 0 Å². The summed E-state index contributed by atoms with van der Waals surface area (Å²) in [6.45, 7) is 3.61. The first kappa shape index (κ1) is 23.9. The lowest BCUT2D eigenvalue weighted by molar-refractivity contribution is -0.385. The van der Waals surface area contributed by atoms with Crippen molar-refractivity contribution in [1.29, 1.82) is 0 Å². The summed E-state index contributed by atoms with van der Waals surface area (Å²) >= 11 is 5.11. The van der Waals surface area contributed by atoms with Gasteiger partial charge in [-0.15, -0.1) is 0 Å². The summed E-state index contributed by atoms with van der Waals surface area (Å²) in [5.41, 5.74) is 6.85. The lowest BCUT2D eigenvalue weighted by Gasteiger charge is -2.17. The normalized spacial score (nSPS) is 10.9. The van der Waals surface area contributed by atoms with Crippen molar-refractivity contribution in [2.45, 2.75) is 18.7 Å². The Hall–Kier alpha value is -3.77. The molecule has 12 heteroatoms. The molecule has 0 aromatic heterocycles. The number of benzene rings is 3. The number of hydrazine groups is 1. The highest BCUT2D eigenvalue weighted by molar-refractivity contribution is 7.93. The molecule has 0 radical (unpaired) electrons. The van der Waals surface area contributed by atoms with Crippen molar-refractivity contribution in [3.8, 4) is 0 Å². The van der Waals surface area contributed by atoms with Gasteiger partial charge in [0.1, 0.15) is 10.7 Å². The number of anilines is 3. The van der Waals surface area contributed by atoms with Crippen molar-refractivity contribution in [1.82, 2.24) is 5.43 Å². The molecule has 0 atom stereocenters.